The van der Waals surface area contributed by atoms with Gasteiger partial charge in [0.05, 0.1) is 5.39 Å². The second-order valence-electron chi connectivity index (χ2n) is 6.44. The van der Waals surface area contributed by atoms with Crippen LogP contribution in [0.5, 0.6) is 5.75 Å². The van der Waals surface area contributed by atoms with Gasteiger partial charge >= 0.3 is 0 Å². The van der Waals surface area contributed by atoms with Crippen LogP contribution in [-0.2, 0) is 11.3 Å². The minimum Gasteiger partial charge on any atom is -0.481 e. The van der Waals surface area contributed by atoms with Gasteiger partial charge in [-0.15, -0.1) is 0 Å². The van der Waals surface area contributed by atoms with Gasteiger partial charge < -0.3 is 4.74 Å². The lowest BCUT2D eigenvalue weighted by molar-refractivity contribution is -0.128. The van der Waals surface area contributed by atoms with E-state index in [9.17, 15) is 14.4 Å². The van der Waals surface area contributed by atoms with Crippen molar-refractivity contribution in [2.45, 2.75) is 32.9 Å². The summed E-state index contributed by atoms with van der Waals surface area (Å²) in [7, 11) is 0. The Labute approximate surface area is 167 Å². The van der Waals surface area contributed by atoms with Crippen molar-refractivity contribution in [3.05, 3.63) is 70.6 Å². The van der Waals surface area contributed by atoms with E-state index in [1.54, 1.807) is 55.5 Å². The number of ether oxygens (including phenoxy) is 1. The summed E-state index contributed by atoms with van der Waals surface area (Å²) >= 11 is 0. The Balaban J connectivity index is 1.75. The van der Waals surface area contributed by atoms with Gasteiger partial charge in [-0.2, -0.15) is 5.10 Å². The molecule has 0 fully saturated rings. The van der Waals surface area contributed by atoms with E-state index >= 15 is 0 Å². The van der Waals surface area contributed by atoms with Gasteiger partial charge in [0, 0.05) is 11.9 Å². The van der Waals surface area contributed by atoms with Gasteiger partial charge in [0.1, 0.15) is 5.75 Å². The van der Waals surface area contributed by atoms with Crippen molar-refractivity contribution in [2.75, 3.05) is 0 Å². The quantitative estimate of drug-likeness (QED) is 0.623. The zero-order chi connectivity index (χ0) is 20.8. The first-order chi connectivity index (χ1) is 14.0. The van der Waals surface area contributed by atoms with E-state index in [-0.39, 0.29) is 11.3 Å². The van der Waals surface area contributed by atoms with Gasteiger partial charge in [-0.3, -0.25) is 25.2 Å². The van der Waals surface area contributed by atoms with Crippen molar-refractivity contribution >= 4 is 22.6 Å². The minimum atomic E-state index is -0.823. The Morgan fingerprint density at radius 1 is 1.03 bits per heavy atom. The van der Waals surface area contributed by atoms with Crippen LogP contribution in [-0.4, -0.2) is 27.7 Å². The third kappa shape index (κ3) is 4.60. The van der Waals surface area contributed by atoms with Crippen LogP contribution in [0.25, 0.3) is 10.8 Å². The van der Waals surface area contributed by atoms with E-state index in [2.05, 4.69) is 16.0 Å². The summed E-state index contributed by atoms with van der Waals surface area (Å²) < 4.78 is 6.79. The SMILES string of the molecule is CCCn1nc(C(=O)NNC(=O)C(C)Oc2ccccc2)c2ccccc2c1=O. The number of hydrogen-bond donors (Lipinski definition) is 2. The van der Waals surface area contributed by atoms with Crippen LogP contribution < -0.4 is 21.1 Å². The lowest BCUT2D eigenvalue weighted by atomic mass is 10.1. The summed E-state index contributed by atoms with van der Waals surface area (Å²) in [5.74, 6) is -0.597. The number of nitrogens with one attached hydrogen (secondary N) is 2. The highest BCUT2D eigenvalue weighted by atomic mass is 16.5. The second-order valence-corrected chi connectivity index (χ2v) is 6.44. The van der Waals surface area contributed by atoms with E-state index < -0.39 is 17.9 Å². The number of amides is 2. The molecule has 3 rings (SSSR count). The van der Waals surface area contributed by atoms with Crippen LogP contribution in [0.15, 0.2) is 59.4 Å². The van der Waals surface area contributed by atoms with E-state index in [4.69, 9.17) is 4.74 Å². The third-order valence-corrected chi connectivity index (χ3v) is 4.24. The number of fused-ring (bicyclic) bond motifs is 1. The number of rotatable bonds is 6. The van der Waals surface area contributed by atoms with Gasteiger partial charge in [-0.25, -0.2) is 4.68 Å². The second kappa shape index (κ2) is 9.01. The molecule has 3 aromatic rings. The van der Waals surface area contributed by atoms with Crippen LogP contribution in [0.1, 0.15) is 30.8 Å². The van der Waals surface area contributed by atoms with Crippen molar-refractivity contribution in [3.8, 4) is 5.75 Å². The summed E-state index contributed by atoms with van der Waals surface area (Å²) in [5, 5.41) is 5.01. The third-order valence-electron chi connectivity index (χ3n) is 4.24. The minimum absolute atomic E-state index is 0.0607. The molecule has 8 nitrogen and oxygen atoms in total. The van der Waals surface area contributed by atoms with Crippen LogP contribution >= 0.6 is 0 Å². The average molecular weight is 394 g/mol. The largest absolute Gasteiger partial charge is 0.481 e. The predicted octanol–water partition coefficient (Wildman–Crippen LogP) is 2.04. The highest BCUT2D eigenvalue weighted by Gasteiger charge is 2.19. The Bertz CT molecular complexity index is 1080. The molecule has 0 saturated carbocycles. The average Bonchev–Trinajstić information content (AvgIpc) is 2.74. The normalized spacial score (nSPS) is 11.7. The molecule has 2 amide bonds. The van der Waals surface area contributed by atoms with Crippen molar-refractivity contribution < 1.29 is 14.3 Å². The molecule has 1 atom stereocenters. The highest BCUT2D eigenvalue weighted by Crippen LogP contribution is 2.13. The van der Waals surface area contributed by atoms with Crippen LogP contribution in [0.4, 0.5) is 0 Å². The molecule has 0 aliphatic carbocycles. The molecule has 2 N–H and O–H groups in total. The number of carbonyl (C=O) groups is 2. The molecular weight excluding hydrogens is 372 g/mol. The molecule has 0 radical (unpaired) electrons. The zero-order valence-corrected chi connectivity index (χ0v) is 16.2. The Hall–Kier alpha value is -3.68. The smallest absolute Gasteiger partial charge is 0.290 e. The Kier molecular flexibility index (Phi) is 6.23. The monoisotopic (exact) mass is 394 g/mol. The number of benzene rings is 2. The number of carbonyl (C=O) groups excluding carboxylic acids is 2. The summed E-state index contributed by atoms with van der Waals surface area (Å²) in [6.07, 6.45) is -0.131. The van der Waals surface area contributed by atoms with Crippen molar-refractivity contribution in [1.82, 2.24) is 20.6 Å². The van der Waals surface area contributed by atoms with Crippen LogP contribution in [0.2, 0.25) is 0 Å². The molecule has 0 saturated heterocycles. The molecule has 1 unspecified atom stereocenters. The lowest BCUT2D eigenvalue weighted by Gasteiger charge is -2.15. The fourth-order valence-corrected chi connectivity index (χ4v) is 2.80. The maximum Gasteiger partial charge on any atom is 0.290 e. The lowest BCUT2D eigenvalue weighted by Crippen LogP contribution is -2.47. The van der Waals surface area contributed by atoms with Gasteiger partial charge in [-0.05, 0) is 31.5 Å². The molecule has 0 spiro atoms. The number of para-hydroxylation sites is 1. The fourth-order valence-electron chi connectivity index (χ4n) is 2.80. The van der Waals surface area contributed by atoms with Gasteiger partial charge in [0.25, 0.3) is 17.4 Å². The first kappa shape index (κ1) is 20.1. The molecule has 0 aliphatic rings. The molecule has 1 heterocycles. The Morgan fingerprint density at radius 3 is 2.38 bits per heavy atom. The van der Waals surface area contributed by atoms with Gasteiger partial charge in [0.2, 0.25) is 0 Å². The Morgan fingerprint density at radius 2 is 1.69 bits per heavy atom. The van der Waals surface area contributed by atoms with Crippen LogP contribution in [0.3, 0.4) is 0 Å². The van der Waals surface area contributed by atoms with Crippen molar-refractivity contribution in [3.63, 3.8) is 0 Å². The first-order valence-corrected chi connectivity index (χ1v) is 9.33. The molecule has 29 heavy (non-hydrogen) atoms. The highest BCUT2D eigenvalue weighted by molar-refractivity contribution is 6.05. The van der Waals surface area contributed by atoms with Gasteiger partial charge in [0.15, 0.2) is 11.8 Å². The number of aromatic nitrogens is 2. The number of hydrazine groups is 1. The van der Waals surface area contributed by atoms with E-state index in [1.165, 1.54) is 4.68 Å². The number of nitrogens with zero attached hydrogens (tertiary/aromatic N) is 2. The van der Waals surface area contributed by atoms with E-state index in [0.717, 1.165) is 0 Å². The summed E-state index contributed by atoms with van der Waals surface area (Å²) in [4.78, 5) is 37.4. The molecule has 150 valence electrons. The molecule has 0 aliphatic heterocycles. The maximum atomic E-state index is 12.7. The van der Waals surface area contributed by atoms with E-state index in [0.29, 0.717) is 29.5 Å². The predicted molar refractivity (Wildman–Crippen MR) is 108 cm³/mol. The van der Waals surface area contributed by atoms with Crippen molar-refractivity contribution in [2.24, 2.45) is 0 Å². The van der Waals surface area contributed by atoms with Gasteiger partial charge in [-0.1, -0.05) is 43.3 Å². The number of hydrogen-bond acceptors (Lipinski definition) is 5. The fraction of sp³-hybridized carbons (Fsp3) is 0.238. The topological polar surface area (TPSA) is 102 Å². The zero-order valence-electron chi connectivity index (χ0n) is 16.2. The number of aryl methyl sites for hydroxylation is 1. The molecule has 1 aromatic heterocycles. The van der Waals surface area contributed by atoms with Crippen LogP contribution in [0, 0.1) is 0 Å². The molecule has 2 aromatic carbocycles. The summed E-state index contributed by atoms with van der Waals surface area (Å²) in [6.45, 7) is 3.87. The van der Waals surface area contributed by atoms with Crippen molar-refractivity contribution in [1.29, 1.82) is 0 Å². The summed E-state index contributed by atoms with van der Waals surface area (Å²) in [6, 6.07) is 15.6. The van der Waals surface area contributed by atoms with E-state index in [1.807, 2.05) is 13.0 Å². The first-order valence-electron chi connectivity index (χ1n) is 9.33. The molecule has 8 heteroatoms. The standard InChI is InChI=1S/C21H22N4O4/c1-3-13-25-21(28)17-12-8-7-11-16(17)18(24-25)20(27)23-22-19(26)14(2)29-15-9-5-4-6-10-15/h4-12,14H,3,13H2,1-2H3,(H,22,26)(H,23,27). The maximum absolute atomic E-state index is 12.7. The molecular formula is C21H22N4O4. The molecule has 0 bridgehead atoms. The summed E-state index contributed by atoms with van der Waals surface area (Å²) in [5.41, 5.74) is 4.50.